The number of rotatable bonds is 4. The van der Waals surface area contributed by atoms with Gasteiger partial charge in [-0.05, 0) is 51.7 Å². The van der Waals surface area contributed by atoms with Crippen LogP contribution in [-0.4, -0.2) is 54.6 Å². The topological polar surface area (TPSA) is 32.5 Å². The van der Waals surface area contributed by atoms with Crippen molar-refractivity contribution in [3.63, 3.8) is 0 Å². The van der Waals surface area contributed by atoms with Gasteiger partial charge >= 0.3 is 0 Å². The van der Waals surface area contributed by atoms with E-state index in [1.165, 1.54) is 38.9 Å². The molecule has 2 saturated heterocycles. The van der Waals surface area contributed by atoms with Crippen LogP contribution in [0.2, 0.25) is 0 Å². The third kappa shape index (κ3) is 3.21. The molecule has 0 spiro atoms. The van der Waals surface area contributed by atoms with Crippen molar-refractivity contribution < 1.29 is 0 Å². The van der Waals surface area contributed by atoms with Crippen LogP contribution in [0.3, 0.4) is 0 Å². The van der Waals surface area contributed by atoms with Gasteiger partial charge in [0.2, 0.25) is 0 Å². The van der Waals surface area contributed by atoms with Crippen molar-refractivity contribution in [2.75, 3.05) is 26.7 Å². The number of nitrogens with zero attached hydrogens (tertiary/aromatic N) is 2. The molecular weight excluding hydrogens is 210 g/mol. The molecule has 0 aliphatic carbocycles. The summed E-state index contributed by atoms with van der Waals surface area (Å²) in [5.41, 5.74) is 6.14. The molecule has 3 unspecified atom stereocenters. The highest BCUT2D eigenvalue weighted by Gasteiger charge is 2.34. The molecule has 2 heterocycles. The molecule has 2 N–H and O–H groups in total. The van der Waals surface area contributed by atoms with Gasteiger partial charge in [-0.3, -0.25) is 4.90 Å². The molecule has 2 aliphatic heterocycles. The minimum atomic E-state index is 0.369. The molecule has 3 atom stereocenters. The summed E-state index contributed by atoms with van der Waals surface area (Å²) in [6, 6.07) is 2.02. The number of fused-ring (bicyclic) bond motifs is 2. The van der Waals surface area contributed by atoms with Gasteiger partial charge in [0.05, 0.1) is 0 Å². The fraction of sp³-hybridized carbons (Fsp3) is 1.00. The Morgan fingerprint density at radius 2 is 1.88 bits per heavy atom. The van der Waals surface area contributed by atoms with Crippen LogP contribution < -0.4 is 5.73 Å². The summed E-state index contributed by atoms with van der Waals surface area (Å²) < 4.78 is 0. The Hall–Kier alpha value is -0.120. The SMILES string of the molecule is CC(C)C(N)CCN1CCC2CCC(C1)N2C. The van der Waals surface area contributed by atoms with E-state index in [-0.39, 0.29) is 0 Å². The van der Waals surface area contributed by atoms with Gasteiger partial charge in [0, 0.05) is 24.7 Å². The second-order valence-corrected chi connectivity index (χ2v) is 6.34. The lowest BCUT2D eigenvalue weighted by Crippen LogP contribution is -2.39. The fourth-order valence-corrected chi connectivity index (χ4v) is 3.25. The monoisotopic (exact) mass is 239 g/mol. The van der Waals surface area contributed by atoms with Gasteiger partial charge in [-0.15, -0.1) is 0 Å². The summed E-state index contributed by atoms with van der Waals surface area (Å²) in [4.78, 5) is 5.25. The standard InChI is InChI=1S/C14H29N3/c1-11(2)14(15)7-9-17-8-6-12-4-5-13(10-17)16(12)3/h11-14H,4-10,15H2,1-3H3. The minimum absolute atomic E-state index is 0.369. The van der Waals surface area contributed by atoms with Crippen molar-refractivity contribution in [2.24, 2.45) is 11.7 Å². The number of hydrogen-bond donors (Lipinski definition) is 1. The van der Waals surface area contributed by atoms with Gasteiger partial charge < -0.3 is 10.6 Å². The molecule has 100 valence electrons. The smallest absolute Gasteiger partial charge is 0.0223 e. The van der Waals surface area contributed by atoms with E-state index in [4.69, 9.17) is 5.73 Å². The zero-order valence-corrected chi connectivity index (χ0v) is 11.7. The van der Waals surface area contributed by atoms with Gasteiger partial charge in [-0.2, -0.15) is 0 Å². The van der Waals surface area contributed by atoms with Gasteiger partial charge in [0.1, 0.15) is 0 Å². The predicted octanol–water partition coefficient (Wildman–Crippen LogP) is 1.53. The van der Waals surface area contributed by atoms with Crippen LogP contribution >= 0.6 is 0 Å². The van der Waals surface area contributed by atoms with E-state index in [9.17, 15) is 0 Å². The molecule has 0 aromatic heterocycles. The molecule has 3 heteroatoms. The summed E-state index contributed by atoms with van der Waals surface area (Å²) >= 11 is 0. The first-order valence-electron chi connectivity index (χ1n) is 7.27. The van der Waals surface area contributed by atoms with Crippen molar-refractivity contribution in [2.45, 2.75) is 57.7 Å². The lowest BCUT2D eigenvalue weighted by atomic mass is 10.0. The van der Waals surface area contributed by atoms with Crippen LogP contribution in [0, 0.1) is 5.92 Å². The summed E-state index contributed by atoms with van der Waals surface area (Å²) in [6.45, 7) is 8.18. The van der Waals surface area contributed by atoms with Gasteiger partial charge in [-0.1, -0.05) is 13.8 Å². The molecule has 3 nitrogen and oxygen atoms in total. The van der Waals surface area contributed by atoms with Gasteiger partial charge in [0.15, 0.2) is 0 Å². The minimum Gasteiger partial charge on any atom is -0.327 e. The maximum atomic E-state index is 6.14. The summed E-state index contributed by atoms with van der Waals surface area (Å²) in [5, 5.41) is 0. The Labute approximate surface area is 106 Å². The zero-order valence-electron chi connectivity index (χ0n) is 11.7. The Kier molecular flexibility index (Phi) is 4.45. The van der Waals surface area contributed by atoms with Crippen LogP contribution in [0.4, 0.5) is 0 Å². The molecule has 17 heavy (non-hydrogen) atoms. The van der Waals surface area contributed by atoms with Gasteiger partial charge in [-0.25, -0.2) is 0 Å². The van der Waals surface area contributed by atoms with E-state index in [2.05, 4.69) is 30.7 Å². The van der Waals surface area contributed by atoms with E-state index in [0.29, 0.717) is 12.0 Å². The molecule has 0 radical (unpaired) electrons. The van der Waals surface area contributed by atoms with Crippen molar-refractivity contribution in [3.8, 4) is 0 Å². The molecule has 0 saturated carbocycles. The fourth-order valence-electron chi connectivity index (χ4n) is 3.25. The van der Waals surface area contributed by atoms with Crippen molar-refractivity contribution in [1.29, 1.82) is 0 Å². The maximum absolute atomic E-state index is 6.14. The summed E-state index contributed by atoms with van der Waals surface area (Å²) in [7, 11) is 2.31. The highest BCUT2D eigenvalue weighted by atomic mass is 15.3. The number of nitrogens with two attached hydrogens (primary N) is 1. The van der Waals surface area contributed by atoms with Crippen molar-refractivity contribution in [3.05, 3.63) is 0 Å². The number of likely N-dealkylation sites (N-methyl/N-ethyl adjacent to an activating group) is 1. The van der Waals surface area contributed by atoms with Crippen molar-refractivity contribution in [1.82, 2.24) is 9.80 Å². The Bertz CT molecular complexity index is 242. The molecule has 2 fully saturated rings. The Morgan fingerprint density at radius 1 is 1.18 bits per heavy atom. The molecule has 2 bridgehead atoms. The lowest BCUT2D eigenvalue weighted by Gasteiger charge is -2.27. The van der Waals surface area contributed by atoms with Crippen LogP contribution in [0.5, 0.6) is 0 Å². The molecular formula is C14H29N3. The highest BCUT2D eigenvalue weighted by Crippen LogP contribution is 2.28. The second kappa shape index (κ2) is 5.68. The predicted molar refractivity (Wildman–Crippen MR) is 73.1 cm³/mol. The maximum Gasteiger partial charge on any atom is 0.0223 e. The largest absolute Gasteiger partial charge is 0.327 e. The van der Waals surface area contributed by atoms with Crippen LogP contribution in [-0.2, 0) is 0 Å². The average molecular weight is 239 g/mol. The van der Waals surface area contributed by atoms with E-state index < -0.39 is 0 Å². The van der Waals surface area contributed by atoms with E-state index in [1.807, 2.05) is 0 Å². The first-order valence-corrected chi connectivity index (χ1v) is 7.27. The first-order chi connectivity index (χ1) is 8.08. The average Bonchev–Trinajstić information content (AvgIpc) is 2.51. The highest BCUT2D eigenvalue weighted by molar-refractivity contribution is 4.91. The molecule has 2 rings (SSSR count). The van der Waals surface area contributed by atoms with E-state index in [0.717, 1.165) is 18.5 Å². The summed E-state index contributed by atoms with van der Waals surface area (Å²) in [6.07, 6.45) is 5.32. The van der Waals surface area contributed by atoms with Crippen LogP contribution in [0.25, 0.3) is 0 Å². The molecule has 0 amide bonds. The lowest BCUT2D eigenvalue weighted by molar-refractivity contribution is 0.212. The van der Waals surface area contributed by atoms with Gasteiger partial charge in [0.25, 0.3) is 0 Å². The number of hydrogen-bond acceptors (Lipinski definition) is 3. The second-order valence-electron chi connectivity index (χ2n) is 6.34. The van der Waals surface area contributed by atoms with Crippen molar-refractivity contribution >= 4 is 0 Å². The quantitative estimate of drug-likeness (QED) is 0.807. The number of likely N-dealkylation sites (tertiary alicyclic amines) is 1. The third-order valence-corrected chi connectivity index (χ3v) is 4.87. The molecule has 2 aliphatic rings. The Morgan fingerprint density at radius 3 is 2.59 bits per heavy atom. The zero-order chi connectivity index (χ0) is 12.4. The van der Waals surface area contributed by atoms with E-state index >= 15 is 0 Å². The van der Waals surface area contributed by atoms with Crippen LogP contribution in [0.15, 0.2) is 0 Å². The normalized spacial score (nSPS) is 33.0. The van der Waals surface area contributed by atoms with E-state index in [1.54, 1.807) is 0 Å². The molecule has 0 aromatic rings. The summed E-state index contributed by atoms with van der Waals surface area (Å²) in [5.74, 6) is 0.612. The first kappa shape index (κ1) is 13.3. The Balaban J connectivity index is 1.79. The third-order valence-electron chi connectivity index (χ3n) is 4.87. The van der Waals surface area contributed by atoms with Crippen LogP contribution in [0.1, 0.15) is 39.5 Å². The molecule has 0 aromatic carbocycles.